The fourth-order valence-electron chi connectivity index (χ4n) is 0.710. The lowest BCUT2D eigenvalue weighted by molar-refractivity contribution is -0.154. The van der Waals surface area contributed by atoms with E-state index in [4.69, 9.17) is 9.84 Å². The second-order valence-corrected chi connectivity index (χ2v) is 2.06. The molecule has 0 heterocycles. The summed E-state index contributed by atoms with van der Waals surface area (Å²) >= 11 is 0. The third kappa shape index (κ3) is 3.98. The maximum Gasteiger partial charge on any atom is 0.347 e. The topological polar surface area (TPSA) is 55.8 Å². The molecule has 0 rings (SSSR count). The van der Waals surface area contributed by atoms with Crippen LogP contribution in [-0.4, -0.2) is 30.4 Å². The minimum absolute atomic E-state index is 0.114. The Morgan fingerprint density at radius 1 is 1.75 bits per heavy atom. The third-order valence-electron chi connectivity index (χ3n) is 1.20. The molecule has 0 bridgehead atoms. The van der Waals surface area contributed by atoms with Crippen LogP contribution < -0.4 is 0 Å². The van der Waals surface area contributed by atoms with Crippen molar-refractivity contribution in [3.63, 3.8) is 0 Å². The van der Waals surface area contributed by atoms with Crippen LogP contribution in [0.3, 0.4) is 0 Å². The zero-order valence-corrected chi connectivity index (χ0v) is 7.16. The van der Waals surface area contributed by atoms with Crippen LogP contribution in [0.2, 0.25) is 0 Å². The van der Waals surface area contributed by atoms with Crippen molar-refractivity contribution in [1.29, 1.82) is 0 Å². The zero-order chi connectivity index (χ0) is 9.40. The molecular weight excluding hydrogens is 160 g/mol. The Kier molecular flexibility index (Phi) is 6.09. The molecule has 1 unspecified atom stereocenters. The summed E-state index contributed by atoms with van der Waals surface area (Å²) in [6, 6.07) is 0. The molecule has 0 saturated carbocycles. The van der Waals surface area contributed by atoms with Crippen LogP contribution >= 0.6 is 0 Å². The number of ether oxygens (including phenoxy) is 2. The minimum atomic E-state index is -0.729. The molecule has 4 heteroatoms. The van der Waals surface area contributed by atoms with Gasteiger partial charge < -0.3 is 14.6 Å². The number of carbonyl (C=O) groups is 1. The predicted octanol–water partition coefficient (Wildman–Crippen LogP) is 0.461. The Morgan fingerprint density at radius 2 is 2.42 bits per heavy atom. The first-order valence-corrected chi connectivity index (χ1v) is 3.80. The molecule has 0 spiro atoms. The highest BCUT2D eigenvalue weighted by Crippen LogP contribution is 2.01. The molecule has 0 fully saturated rings. The molecule has 0 radical (unpaired) electrons. The predicted molar refractivity (Wildman–Crippen MR) is 43.4 cm³/mol. The highest BCUT2D eigenvalue weighted by atomic mass is 16.6. The number of hydrogen-bond donors (Lipinski definition) is 1. The first kappa shape index (κ1) is 11.0. The summed E-state index contributed by atoms with van der Waals surface area (Å²) in [7, 11) is 0. The van der Waals surface area contributed by atoms with E-state index in [1.165, 1.54) is 0 Å². The molecule has 0 aromatic carbocycles. The lowest BCUT2D eigenvalue weighted by Crippen LogP contribution is -2.26. The summed E-state index contributed by atoms with van der Waals surface area (Å²) in [6.45, 7) is 5.22. The molecule has 0 saturated heterocycles. The van der Waals surface area contributed by atoms with Gasteiger partial charge in [-0.25, -0.2) is 4.79 Å². The highest BCUT2D eigenvalue weighted by Gasteiger charge is 2.18. The molecule has 12 heavy (non-hydrogen) atoms. The van der Waals surface area contributed by atoms with E-state index in [0.29, 0.717) is 6.61 Å². The van der Waals surface area contributed by atoms with E-state index in [1.807, 2.05) is 0 Å². The number of rotatable bonds is 6. The molecule has 70 valence electrons. The molecular formula is C8H14O4. The molecule has 4 nitrogen and oxygen atoms in total. The van der Waals surface area contributed by atoms with Crippen molar-refractivity contribution in [3.05, 3.63) is 12.8 Å². The largest absolute Gasteiger partial charge is 0.487 e. The van der Waals surface area contributed by atoms with Crippen molar-refractivity contribution in [1.82, 2.24) is 0 Å². The van der Waals surface area contributed by atoms with Crippen molar-refractivity contribution >= 4 is 5.97 Å². The van der Waals surface area contributed by atoms with Gasteiger partial charge in [-0.15, -0.1) is 0 Å². The molecule has 1 atom stereocenters. The first-order chi connectivity index (χ1) is 5.76. The van der Waals surface area contributed by atoms with Crippen molar-refractivity contribution < 1.29 is 19.4 Å². The summed E-state index contributed by atoms with van der Waals surface area (Å²) in [5.41, 5.74) is 0. The smallest absolute Gasteiger partial charge is 0.347 e. The van der Waals surface area contributed by atoms with E-state index in [2.05, 4.69) is 11.3 Å². The molecule has 0 aromatic heterocycles. The van der Waals surface area contributed by atoms with Crippen molar-refractivity contribution in [2.45, 2.75) is 19.4 Å². The number of carbonyl (C=O) groups excluding carboxylic acids is 1. The van der Waals surface area contributed by atoms with Gasteiger partial charge in [-0.2, -0.15) is 0 Å². The van der Waals surface area contributed by atoms with Crippen LogP contribution in [0.15, 0.2) is 12.8 Å². The van der Waals surface area contributed by atoms with Gasteiger partial charge in [0, 0.05) is 13.0 Å². The Bertz CT molecular complexity index is 144. The van der Waals surface area contributed by atoms with Crippen LogP contribution in [0, 0.1) is 0 Å². The second-order valence-electron chi connectivity index (χ2n) is 2.06. The lowest BCUT2D eigenvalue weighted by atomic mass is 10.3. The van der Waals surface area contributed by atoms with Crippen molar-refractivity contribution in [3.8, 4) is 0 Å². The molecule has 0 aromatic rings. The Morgan fingerprint density at radius 3 is 2.83 bits per heavy atom. The van der Waals surface area contributed by atoms with Crippen LogP contribution in [0.1, 0.15) is 13.3 Å². The van der Waals surface area contributed by atoms with Crippen LogP contribution in [0.25, 0.3) is 0 Å². The number of aliphatic hydroxyl groups excluding tert-OH is 1. The molecule has 0 aliphatic rings. The summed E-state index contributed by atoms with van der Waals surface area (Å²) in [5, 5.41) is 8.56. The fraction of sp³-hybridized carbons (Fsp3) is 0.625. The maximum absolute atomic E-state index is 11.0. The molecule has 0 amide bonds. The van der Waals surface area contributed by atoms with E-state index < -0.39 is 12.1 Å². The lowest BCUT2D eigenvalue weighted by Gasteiger charge is -2.12. The van der Waals surface area contributed by atoms with E-state index in [1.54, 1.807) is 6.92 Å². The van der Waals surface area contributed by atoms with Crippen LogP contribution in [0.5, 0.6) is 0 Å². The van der Waals surface area contributed by atoms with E-state index in [-0.39, 0.29) is 13.0 Å². The normalized spacial score (nSPS) is 11.8. The van der Waals surface area contributed by atoms with Crippen molar-refractivity contribution in [2.24, 2.45) is 0 Å². The molecule has 0 aliphatic heterocycles. The van der Waals surface area contributed by atoms with Gasteiger partial charge in [0.2, 0.25) is 0 Å². The van der Waals surface area contributed by atoms with E-state index >= 15 is 0 Å². The summed E-state index contributed by atoms with van der Waals surface area (Å²) in [6.07, 6.45) is 0.662. The average molecular weight is 174 g/mol. The SMILES string of the molecule is C=COC(CCO)C(=O)OCC. The monoisotopic (exact) mass is 174 g/mol. The standard InChI is InChI=1S/C8H14O4/c1-3-11-7(5-6-9)8(10)12-4-2/h3,7,9H,1,4-6H2,2H3. The van der Waals surface area contributed by atoms with Gasteiger partial charge in [-0.1, -0.05) is 6.58 Å². The quantitative estimate of drug-likeness (QED) is 0.469. The number of hydrogen-bond acceptors (Lipinski definition) is 4. The van der Waals surface area contributed by atoms with Gasteiger partial charge in [0.15, 0.2) is 6.10 Å². The summed E-state index contributed by atoms with van der Waals surface area (Å²) in [4.78, 5) is 11.0. The third-order valence-corrected chi connectivity index (χ3v) is 1.20. The molecule has 0 aliphatic carbocycles. The number of esters is 1. The van der Waals surface area contributed by atoms with Crippen LogP contribution in [0.4, 0.5) is 0 Å². The van der Waals surface area contributed by atoms with Gasteiger partial charge in [0.25, 0.3) is 0 Å². The molecule has 1 N–H and O–H groups in total. The second kappa shape index (κ2) is 6.67. The van der Waals surface area contributed by atoms with Crippen molar-refractivity contribution in [2.75, 3.05) is 13.2 Å². The van der Waals surface area contributed by atoms with E-state index in [0.717, 1.165) is 6.26 Å². The summed E-state index contributed by atoms with van der Waals surface area (Å²) < 4.78 is 9.51. The zero-order valence-electron chi connectivity index (χ0n) is 7.16. The average Bonchev–Trinajstić information content (AvgIpc) is 2.04. The maximum atomic E-state index is 11.0. The Balaban J connectivity index is 3.89. The fourth-order valence-corrected chi connectivity index (χ4v) is 0.710. The first-order valence-electron chi connectivity index (χ1n) is 3.80. The number of aliphatic hydroxyl groups is 1. The van der Waals surface area contributed by atoms with Gasteiger partial charge in [0.1, 0.15) is 0 Å². The van der Waals surface area contributed by atoms with Gasteiger partial charge in [-0.3, -0.25) is 0 Å². The minimum Gasteiger partial charge on any atom is -0.487 e. The Hall–Kier alpha value is -1.03. The highest BCUT2D eigenvalue weighted by molar-refractivity contribution is 5.74. The van der Waals surface area contributed by atoms with Gasteiger partial charge in [-0.05, 0) is 6.92 Å². The van der Waals surface area contributed by atoms with Gasteiger partial charge >= 0.3 is 5.97 Å². The summed E-state index contributed by atoms with van der Waals surface area (Å²) in [5.74, 6) is -0.466. The van der Waals surface area contributed by atoms with Crippen LogP contribution in [-0.2, 0) is 14.3 Å². The van der Waals surface area contributed by atoms with E-state index in [9.17, 15) is 4.79 Å². The van der Waals surface area contributed by atoms with Gasteiger partial charge in [0.05, 0.1) is 12.9 Å². The Labute approximate surface area is 71.8 Å².